The average Bonchev–Trinajstić information content (AvgIpc) is 3.16. The van der Waals surface area contributed by atoms with E-state index >= 15 is 0 Å². The summed E-state index contributed by atoms with van der Waals surface area (Å²) in [5, 5.41) is 9.02. The Labute approximate surface area is 187 Å². The molecule has 0 bridgehead atoms. The SMILES string of the molecule is Cc1cccc(-n2nnc(C(=O)N3CCN(CCOc4ccccc4Cl)CC3)c2C)c1. The average molecular weight is 440 g/mol. The molecule has 0 atom stereocenters. The summed E-state index contributed by atoms with van der Waals surface area (Å²) in [6.45, 7) is 8.16. The van der Waals surface area contributed by atoms with Gasteiger partial charge in [0.15, 0.2) is 5.69 Å². The predicted molar refractivity (Wildman–Crippen MR) is 120 cm³/mol. The van der Waals surface area contributed by atoms with Gasteiger partial charge in [-0.25, -0.2) is 4.68 Å². The van der Waals surface area contributed by atoms with Gasteiger partial charge >= 0.3 is 0 Å². The van der Waals surface area contributed by atoms with Crippen LogP contribution in [0.25, 0.3) is 5.69 Å². The number of ether oxygens (including phenoxy) is 1. The Bertz CT molecular complexity index is 1060. The van der Waals surface area contributed by atoms with E-state index < -0.39 is 0 Å². The molecule has 2 heterocycles. The van der Waals surface area contributed by atoms with Crippen molar-refractivity contribution < 1.29 is 9.53 Å². The summed E-state index contributed by atoms with van der Waals surface area (Å²) in [6.07, 6.45) is 0. The zero-order valence-corrected chi connectivity index (χ0v) is 18.5. The molecule has 0 aliphatic carbocycles. The van der Waals surface area contributed by atoms with Crippen LogP contribution < -0.4 is 4.74 Å². The number of nitrogens with zero attached hydrogens (tertiary/aromatic N) is 5. The van der Waals surface area contributed by atoms with Crippen molar-refractivity contribution in [2.45, 2.75) is 13.8 Å². The zero-order valence-electron chi connectivity index (χ0n) is 17.8. The molecule has 1 aliphatic heterocycles. The maximum Gasteiger partial charge on any atom is 0.276 e. The summed E-state index contributed by atoms with van der Waals surface area (Å²) in [5.74, 6) is 0.633. The summed E-state index contributed by atoms with van der Waals surface area (Å²) < 4.78 is 7.50. The largest absolute Gasteiger partial charge is 0.491 e. The molecule has 1 aromatic heterocycles. The molecule has 1 aliphatic rings. The lowest BCUT2D eigenvalue weighted by Gasteiger charge is -2.34. The molecule has 8 heteroatoms. The number of amides is 1. The topological polar surface area (TPSA) is 63.5 Å². The van der Waals surface area contributed by atoms with Crippen molar-refractivity contribution in [2.24, 2.45) is 0 Å². The number of hydrogen-bond donors (Lipinski definition) is 0. The van der Waals surface area contributed by atoms with Crippen molar-refractivity contribution in [2.75, 3.05) is 39.3 Å². The Morgan fingerprint density at radius 2 is 1.84 bits per heavy atom. The maximum atomic E-state index is 13.0. The van der Waals surface area contributed by atoms with Gasteiger partial charge in [-0.05, 0) is 43.7 Å². The van der Waals surface area contributed by atoms with E-state index in [2.05, 4.69) is 15.2 Å². The Hall–Kier alpha value is -2.90. The fraction of sp³-hybridized carbons (Fsp3) is 0.348. The molecule has 0 spiro atoms. The number of para-hydroxylation sites is 1. The van der Waals surface area contributed by atoms with Gasteiger partial charge in [0.05, 0.1) is 16.4 Å². The third-order valence-corrected chi connectivity index (χ3v) is 5.82. The number of carbonyl (C=O) groups excluding carboxylic acids is 1. The number of halogens is 1. The van der Waals surface area contributed by atoms with Gasteiger partial charge in [-0.1, -0.05) is 41.1 Å². The first-order chi connectivity index (χ1) is 15.0. The van der Waals surface area contributed by atoms with Crippen molar-refractivity contribution in [3.05, 3.63) is 70.5 Å². The summed E-state index contributed by atoms with van der Waals surface area (Å²) in [4.78, 5) is 17.2. The van der Waals surface area contributed by atoms with Crippen LogP contribution in [0.4, 0.5) is 0 Å². The first kappa shape index (κ1) is 21.3. The fourth-order valence-electron chi connectivity index (χ4n) is 3.70. The minimum absolute atomic E-state index is 0.0663. The lowest BCUT2D eigenvalue weighted by atomic mass is 10.2. The minimum atomic E-state index is -0.0663. The Kier molecular flexibility index (Phi) is 6.53. The van der Waals surface area contributed by atoms with Crippen molar-refractivity contribution >= 4 is 17.5 Å². The summed E-state index contributed by atoms with van der Waals surface area (Å²) >= 11 is 6.12. The van der Waals surface area contributed by atoms with Crippen LogP contribution >= 0.6 is 11.6 Å². The number of aromatic nitrogens is 3. The lowest BCUT2D eigenvalue weighted by molar-refractivity contribution is 0.0614. The highest BCUT2D eigenvalue weighted by Crippen LogP contribution is 2.23. The van der Waals surface area contributed by atoms with Gasteiger partial charge in [-0.3, -0.25) is 9.69 Å². The molecule has 1 amide bonds. The lowest BCUT2D eigenvalue weighted by Crippen LogP contribution is -2.49. The molecule has 4 rings (SSSR count). The molecule has 0 unspecified atom stereocenters. The molecule has 0 saturated carbocycles. The van der Waals surface area contributed by atoms with E-state index in [4.69, 9.17) is 16.3 Å². The normalized spacial score (nSPS) is 14.6. The molecule has 31 heavy (non-hydrogen) atoms. The minimum Gasteiger partial charge on any atom is -0.491 e. The summed E-state index contributed by atoms with van der Waals surface area (Å²) in [7, 11) is 0. The monoisotopic (exact) mass is 439 g/mol. The second-order valence-corrected chi connectivity index (χ2v) is 8.09. The quantitative estimate of drug-likeness (QED) is 0.589. The number of piperazine rings is 1. The highest BCUT2D eigenvalue weighted by Gasteiger charge is 2.26. The number of hydrogen-bond acceptors (Lipinski definition) is 5. The molecule has 3 aromatic rings. The third kappa shape index (κ3) is 4.89. The van der Waals surface area contributed by atoms with Crippen molar-refractivity contribution in [3.63, 3.8) is 0 Å². The van der Waals surface area contributed by atoms with E-state index in [0.717, 1.165) is 36.6 Å². The summed E-state index contributed by atoms with van der Waals surface area (Å²) in [6, 6.07) is 15.5. The highest BCUT2D eigenvalue weighted by molar-refractivity contribution is 6.32. The maximum absolute atomic E-state index is 13.0. The van der Waals surface area contributed by atoms with E-state index in [1.165, 1.54) is 0 Å². The second-order valence-electron chi connectivity index (χ2n) is 7.69. The Morgan fingerprint density at radius 3 is 2.58 bits per heavy atom. The molecular formula is C23H26ClN5O2. The van der Waals surface area contributed by atoms with Gasteiger partial charge in [0.2, 0.25) is 0 Å². The van der Waals surface area contributed by atoms with Gasteiger partial charge < -0.3 is 9.64 Å². The van der Waals surface area contributed by atoms with Gasteiger partial charge in [-0.15, -0.1) is 5.10 Å². The Balaban J connectivity index is 1.31. The standard InChI is InChI=1S/C23H26ClN5O2/c1-17-6-5-7-19(16-17)29-18(2)22(25-26-29)23(30)28-12-10-27(11-13-28)14-15-31-21-9-4-3-8-20(21)24/h3-9,16H,10-15H2,1-2H3. The van der Waals surface area contributed by atoms with Crippen LogP contribution in [0.5, 0.6) is 5.75 Å². The molecule has 0 N–H and O–H groups in total. The zero-order chi connectivity index (χ0) is 21.8. The number of rotatable bonds is 6. The molecule has 1 fully saturated rings. The van der Waals surface area contributed by atoms with Crippen LogP contribution in [-0.4, -0.2) is 70.0 Å². The number of aryl methyl sites for hydroxylation is 1. The van der Waals surface area contributed by atoms with Crippen LogP contribution in [0.15, 0.2) is 48.5 Å². The predicted octanol–water partition coefficient (Wildman–Crippen LogP) is 3.37. The van der Waals surface area contributed by atoms with Crippen LogP contribution in [0.1, 0.15) is 21.7 Å². The second kappa shape index (κ2) is 9.49. The van der Waals surface area contributed by atoms with Gasteiger partial charge in [0, 0.05) is 32.7 Å². The van der Waals surface area contributed by atoms with E-state index in [0.29, 0.717) is 36.2 Å². The van der Waals surface area contributed by atoms with Crippen molar-refractivity contribution in [1.29, 1.82) is 0 Å². The van der Waals surface area contributed by atoms with Gasteiger partial charge in [-0.2, -0.15) is 0 Å². The molecule has 0 radical (unpaired) electrons. The van der Waals surface area contributed by atoms with E-state index in [1.54, 1.807) is 4.68 Å². The van der Waals surface area contributed by atoms with Crippen LogP contribution in [0, 0.1) is 13.8 Å². The molecule has 2 aromatic carbocycles. The first-order valence-corrected chi connectivity index (χ1v) is 10.8. The van der Waals surface area contributed by atoms with Crippen LogP contribution in [-0.2, 0) is 0 Å². The molecule has 1 saturated heterocycles. The van der Waals surface area contributed by atoms with Crippen molar-refractivity contribution in [3.8, 4) is 11.4 Å². The van der Waals surface area contributed by atoms with Crippen LogP contribution in [0.3, 0.4) is 0 Å². The smallest absolute Gasteiger partial charge is 0.276 e. The molecule has 7 nitrogen and oxygen atoms in total. The van der Waals surface area contributed by atoms with Gasteiger partial charge in [0.1, 0.15) is 12.4 Å². The number of benzene rings is 2. The Morgan fingerprint density at radius 1 is 1.06 bits per heavy atom. The summed E-state index contributed by atoms with van der Waals surface area (Å²) in [5.41, 5.74) is 3.21. The van der Waals surface area contributed by atoms with Crippen molar-refractivity contribution in [1.82, 2.24) is 24.8 Å². The highest BCUT2D eigenvalue weighted by atomic mass is 35.5. The number of carbonyl (C=O) groups is 1. The van der Waals surface area contributed by atoms with E-state index in [9.17, 15) is 4.79 Å². The molecular weight excluding hydrogens is 414 g/mol. The van der Waals surface area contributed by atoms with Gasteiger partial charge in [0.25, 0.3) is 5.91 Å². The third-order valence-electron chi connectivity index (χ3n) is 5.50. The van der Waals surface area contributed by atoms with Crippen LogP contribution in [0.2, 0.25) is 5.02 Å². The van der Waals surface area contributed by atoms with E-state index in [1.807, 2.05) is 67.3 Å². The molecule has 162 valence electrons. The first-order valence-electron chi connectivity index (χ1n) is 10.4. The van der Waals surface area contributed by atoms with E-state index in [-0.39, 0.29) is 5.91 Å². The fourth-order valence-corrected chi connectivity index (χ4v) is 3.89.